The second-order valence-electron chi connectivity index (χ2n) is 4.32. The number of hydrogen-bond acceptors (Lipinski definition) is 3. The Morgan fingerprint density at radius 1 is 1.25 bits per heavy atom. The molecule has 1 N–H and O–H groups in total. The Hall–Kier alpha value is -0.570. The Labute approximate surface area is 72.0 Å². The SMILES string of the molecule is O/N=C1\CN2C3CCC2CC1C3. The van der Waals surface area contributed by atoms with Crippen molar-refractivity contribution < 1.29 is 5.21 Å². The lowest BCUT2D eigenvalue weighted by Gasteiger charge is -2.45. The van der Waals surface area contributed by atoms with Gasteiger partial charge in [0.25, 0.3) is 0 Å². The first-order chi connectivity index (χ1) is 5.88. The molecule has 4 rings (SSSR count). The molecule has 0 saturated carbocycles. The van der Waals surface area contributed by atoms with Gasteiger partial charge in [0.05, 0.1) is 5.71 Å². The van der Waals surface area contributed by atoms with Crippen LogP contribution in [0.1, 0.15) is 25.7 Å². The summed E-state index contributed by atoms with van der Waals surface area (Å²) in [4.78, 5) is 2.54. The second kappa shape index (κ2) is 2.22. The van der Waals surface area contributed by atoms with Gasteiger partial charge in [-0.2, -0.15) is 0 Å². The van der Waals surface area contributed by atoms with Crippen LogP contribution < -0.4 is 0 Å². The minimum atomic E-state index is 0.609. The van der Waals surface area contributed by atoms with Gasteiger partial charge >= 0.3 is 0 Å². The first-order valence-corrected chi connectivity index (χ1v) is 4.85. The highest BCUT2D eigenvalue weighted by molar-refractivity contribution is 5.89. The second-order valence-corrected chi connectivity index (χ2v) is 4.32. The fraction of sp³-hybridized carbons (Fsp3) is 0.889. The molecule has 0 spiro atoms. The summed E-state index contributed by atoms with van der Waals surface area (Å²) in [5.41, 5.74) is 1.03. The van der Waals surface area contributed by atoms with E-state index in [2.05, 4.69) is 10.1 Å². The molecule has 0 aromatic carbocycles. The third-order valence-corrected chi connectivity index (χ3v) is 3.83. The maximum atomic E-state index is 8.77. The van der Waals surface area contributed by atoms with Gasteiger partial charge < -0.3 is 5.21 Å². The number of fused-ring (bicyclic) bond motifs is 1. The summed E-state index contributed by atoms with van der Waals surface area (Å²) in [7, 11) is 0. The predicted octanol–water partition coefficient (Wildman–Crippen LogP) is 1.07. The first kappa shape index (κ1) is 6.89. The molecule has 0 radical (unpaired) electrons. The zero-order chi connectivity index (χ0) is 8.13. The van der Waals surface area contributed by atoms with Crippen molar-refractivity contribution in [1.29, 1.82) is 0 Å². The summed E-state index contributed by atoms with van der Waals surface area (Å²) in [6.45, 7) is 0.941. The van der Waals surface area contributed by atoms with Crippen LogP contribution in [0, 0.1) is 5.92 Å². The van der Waals surface area contributed by atoms with Crippen molar-refractivity contribution in [3.05, 3.63) is 0 Å². The van der Waals surface area contributed by atoms with Gasteiger partial charge in [-0.3, -0.25) is 4.90 Å². The molecule has 2 atom stereocenters. The van der Waals surface area contributed by atoms with Crippen molar-refractivity contribution in [2.75, 3.05) is 6.54 Å². The summed E-state index contributed by atoms with van der Waals surface area (Å²) in [5, 5.41) is 12.2. The summed E-state index contributed by atoms with van der Waals surface area (Å²) < 4.78 is 0. The molecular formula is C9H14N2O. The summed E-state index contributed by atoms with van der Waals surface area (Å²) in [6, 6.07) is 1.64. The van der Waals surface area contributed by atoms with E-state index in [1.807, 2.05) is 0 Å². The maximum Gasteiger partial charge on any atom is 0.0742 e. The fourth-order valence-corrected chi connectivity index (χ4v) is 3.23. The van der Waals surface area contributed by atoms with E-state index in [1.54, 1.807) is 0 Å². The van der Waals surface area contributed by atoms with Gasteiger partial charge in [-0.05, 0) is 25.7 Å². The van der Waals surface area contributed by atoms with Crippen LogP contribution in [0.4, 0.5) is 0 Å². The molecule has 0 aromatic rings. The van der Waals surface area contributed by atoms with E-state index >= 15 is 0 Å². The van der Waals surface area contributed by atoms with Gasteiger partial charge in [-0.25, -0.2) is 0 Å². The minimum absolute atomic E-state index is 0.609. The zero-order valence-electron chi connectivity index (χ0n) is 7.11. The van der Waals surface area contributed by atoms with Crippen molar-refractivity contribution >= 4 is 5.71 Å². The molecule has 0 aliphatic carbocycles. The molecule has 4 bridgehead atoms. The lowest BCUT2D eigenvalue weighted by atomic mass is 9.81. The van der Waals surface area contributed by atoms with Crippen molar-refractivity contribution in [1.82, 2.24) is 4.90 Å². The summed E-state index contributed by atoms with van der Waals surface area (Å²) in [5.74, 6) is 0.609. The normalized spacial score (nSPS) is 53.5. The summed E-state index contributed by atoms with van der Waals surface area (Å²) >= 11 is 0. The number of hydrogen-bond donors (Lipinski definition) is 1. The number of oxime groups is 1. The highest BCUT2D eigenvalue weighted by Crippen LogP contribution is 2.43. The molecule has 4 heterocycles. The summed E-state index contributed by atoms with van der Waals surface area (Å²) in [6.07, 6.45) is 5.24. The van der Waals surface area contributed by atoms with Gasteiger partial charge in [0, 0.05) is 24.5 Å². The average molecular weight is 166 g/mol. The lowest BCUT2D eigenvalue weighted by molar-refractivity contribution is 0.110. The maximum absolute atomic E-state index is 8.77. The van der Waals surface area contributed by atoms with Crippen LogP contribution in [-0.2, 0) is 0 Å². The molecule has 4 aliphatic rings. The topological polar surface area (TPSA) is 35.8 Å². The van der Waals surface area contributed by atoms with Crippen molar-refractivity contribution in [2.24, 2.45) is 11.1 Å². The van der Waals surface area contributed by atoms with Gasteiger partial charge in [0.2, 0.25) is 0 Å². The highest BCUT2D eigenvalue weighted by atomic mass is 16.4. The van der Waals surface area contributed by atoms with Gasteiger partial charge in [0.15, 0.2) is 0 Å². The van der Waals surface area contributed by atoms with Crippen LogP contribution in [0.15, 0.2) is 5.16 Å². The van der Waals surface area contributed by atoms with Crippen LogP contribution in [0.3, 0.4) is 0 Å². The van der Waals surface area contributed by atoms with Crippen LogP contribution in [0.5, 0.6) is 0 Å². The standard InChI is InChI=1S/C9H14N2O/c12-10-9-5-11-7-1-2-8(11)4-6(9)3-7/h6-8,12H,1-5H2/b10-9+. The Balaban J connectivity index is 1.93. The van der Waals surface area contributed by atoms with Crippen molar-refractivity contribution in [3.63, 3.8) is 0 Å². The number of rotatable bonds is 0. The lowest BCUT2D eigenvalue weighted by Crippen LogP contribution is -2.54. The van der Waals surface area contributed by atoms with E-state index in [1.165, 1.54) is 25.7 Å². The predicted molar refractivity (Wildman–Crippen MR) is 45.5 cm³/mol. The van der Waals surface area contributed by atoms with Gasteiger partial charge in [0.1, 0.15) is 0 Å². The molecule has 3 heteroatoms. The monoisotopic (exact) mass is 166 g/mol. The Morgan fingerprint density at radius 3 is 2.42 bits per heavy atom. The number of nitrogens with zero attached hydrogens (tertiary/aromatic N) is 2. The van der Waals surface area contributed by atoms with Crippen molar-refractivity contribution in [3.8, 4) is 0 Å². The van der Waals surface area contributed by atoms with E-state index in [0.29, 0.717) is 5.92 Å². The molecule has 4 fully saturated rings. The van der Waals surface area contributed by atoms with Crippen LogP contribution in [0.2, 0.25) is 0 Å². The molecule has 12 heavy (non-hydrogen) atoms. The molecular weight excluding hydrogens is 152 g/mol. The molecule has 2 unspecified atom stereocenters. The largest absolute Gasteiger partial charge is 0.411 e. The van der Waals surface area contributed by atoms with E-state index in [9.17, 15) is 0 Å². The van der Waals surface area contributed by atoms with Gasteiger partial charge in [-0.1, -0.05) is 5.16 Å². The minimum Gasteiger partial charge on any atom is -0.411 e. The molecule has 3 nitrogen and oxygen atoms in total. The van der Waals surface area contributed by atoms with E-state index in [-0.39, 0.29) is 0 Å². The molecule has 4 saturated heterocycles. The van der Waals surface area contributed by atoms with E-state index in [4.69, 9.17) is 5.21 Å². The van der Waals surface area contributed by atoms with E-state index in [0.717, 1.165) is 24.3 Å². The number of piperidine rings is 3. The van der Waals surface area contributed by atoms with Crippen LogP contribution in [-0.4, -0.2) is 34.4 Å². The molecule has 4 aliphatic heterocycles. The first-order valence-electron chi connectivity index (χ1n) is 4.85. The molecule has 66 valence electrons. The van der Waals surface area contributed by atoms with Crippen LogP contribution >= 0.6 is 0 Å². The van der Waals surface area contributed by atoms with Crippen LogP contribution in [0.25, 0.3) is 0 Å². The molecule has 0 aromatic heterocycles. The fourth-order valence-electron chi connectivity index (χ4n) is 3.23. The third kappa shape index (κ3) is 0.724. The Morgan fingerprint density at radius 2 is 1.92 bits per heavy atom. The molecule has 0 amide bonds. The Kier molecular flexibility index (Phi) is 1.28. The van der Waals surface area contributed by atoms with Gasteiger partial charge in [-0.15, -0.1) is 0 Å². The van der Waals surface area contributed by atoms with Crippen molar-refractivity contribution in [2.45, 2.75) is 37.8 Å². The van der Waals surface area contributed by atoms with E-state index < -0.39 is 0 Å². The average Bonchev–Trinajstić information content (AvgIpc) is 2.39. The smallest absolute Gasteiger partial charge is 0.0742 e. The highest BCUT2D eigenvalue weighted by Gasteiger charge is 2.47. The zero-order valence-corrected chi connectivity index (χ0v) is 7.11. The Bertz CT molecular complexity index is 225. The quantitative estimate of drug-likeness (QED) is 0.431. The third-order valence-electron chi connectivity index (χ3n) is 3.83.